The highest BCUT2D eigenvalue weighted by Gasteiger charge is 2.15. The van der Waals surface area contributed by atoms with Crippen molar-refractivity contribution < 1.29 is 0 Å². The number of pyridine rings is 1. The Hall–Kier alpha value is -4.11. The smallest absolute Gasteiger partial charge is 0.0474 e. The molecule has 142 valence electrons. The Morgan fingerprint density at radius 3 is 1.93 bits per heavy atom. The van der Waals surface area contributed by atoms with Gasteiger partial charge < -0.3 is 11.5 Å². The molecule has 4 N–H and O–H groups in total. The maximum absolute atomic E-state index is 6.71. The molecule has 0 spiro atoms. The molecule has 0 saturated heterocycles. The van der Waals surface area contributed by atoms with Gasteiger partial charge in [-0.25, -0.2) is 0 Å². The molecule has 1 heterocycles. The third-order valence-corrected chi connectivity index (χ3v) is 6.07. The van der Waals surface area contributed by atoms with Crippen molar-refractivity contribution in [1.29, 1.82) is 0 Å². The van der Waals surface area contributed by atoms with Crippen LogP contribution in [0.5, 0.6) is 0 Å². The lowest BCUT2D eigenvalue weighted by Crippen LogP contribution is -1.95. The average Bonchev–Trinajstić information content (AvgIpc) is 2.80. The summed E-state index contributed by atoms with van der Waals surface area (Å²) < 4.78 is 0. The van der Waals surface area contributed by atoms with Gasteiger partial charge in [0.05, 0.1) is 0 Å². The van der Waals surface area contributed by atoms with Gasteiger partial charge >= 0.3 is 0 Å². The Bertz CT molecular complexity index is 1530. The van der Waals surface area contributed by atoms with Crippen LogP contribution in [0.1, 0.15) is 0 Å². The van der Waals surface area contributed by atoms with E-state index in [1.165, 1.54) is 21.5 Å². The molecule has 0 aliphatic rings. The van der Waals surface area contributed by atoms with Crippen molar-refractivity contribution >= 4 is 43.7 Å². The van der Waals surface area contributed by atoms with Crippen molar-refractivity contribution in [2.45, 2.75) is 0 Å². The lowest BCUT2D eigenvalue weighted by atomic mass is 9.89. The summed E-state index contributed by atoms with van der Waals surface area (Å²) in [6.45, 7) is 0. The summed E-state index contributed by atoms with van der Waals surface area (Å²) in [5.41, 5.74) is 19.0. The third kappa shape index (κ3) is 2.36. The van der Waals surface area contributed by atoms with Gasteiger partial charge in [0, 0.05) is 40.1 Å². The van der Waals surface area contributed by atoms with Crippen LogP contribution < -0.4 is 11.5 Å². The Morgan fingerprint density at radius 1 is 0.533 bits per heavy atom. The number of nitrogen functional groups attached to an aromatic ring is 2. The second-order valence-corrected chi connectivity index (χ2v) is 7.73. The molecule has 6 rings (SSSR count). The van der Waals surface area contributed by atoms with E-state index in [-0.39, 0.29) is 0 Å². The first-order chi connectivity index (χ1) is 14.7. The summed E-state index contributed by atoms with van der Waals surface area (Å²) in [5.74, 6) is 0. The minimum Gasteiger partial charge on any atom is -0.398 e. The Balaban J connectivity index is 1.58. The van der Waals surface area contributed by atoms with Crippen LogP contribution in [0.15, 0.2) is 91.3 Å². The van der Waals surface area contributed by atoms with Crippen LogP contribution in [0.25, 0.3) is 54.6 Å². The molecule has 30 heavy (non-hydrogen) atoms. The maximum atomic E-state index is 6.71. The molecule has 0 radical (unpaired) electrons. The van der Waals surface area contributed by atoms with E-state index in [2.05, 4.69) is 65.6 Å². The number of nitrogens with two attached hydrogens (primary N) is 2. The highest BCUT2D eigenvalue weighted by molar-refractivity contribution is 6.28. The fourth-order valence-corrected chi connectivity index (χ4v) is 4.55. The van der Waals surface area contributed by atoms with E-state index < -0.39 is 0 Å². The topological polar surface area (TPSA) is 64.9 Å². The summed E-state index contributed by atoms with van der Waals surface area (Å²) in [7, 11) is 0. The molecule has 3 nitrogen and oxygen atoms in total. The number of benzene rings is 5. The van der Waals surface area contributed by atoms with Gasteiger partial charge in [-0.3, -0.25) is 4.98 Å². The first-order valence-corrected chi connectivity index (χ1v) is 9.97. The van der Waals surface area contributed by atoms with Gasteiger partial charge in [0.2, 0.25) is 0 Å². The van der Waals surface area contributed by atoms with Crippen LogP contribution >= 0.6 is 0 Å². The molecule has 0 aliphatic heterocycles. The predicted octanol–water partition coefficient (Wildman–Crippen LogP) is 6.48. The second kappa shape index (κ2) is 6.19. The third-order valence-electron chi connectivity index (χ3n) is 6.07. The number of anilines is 2. The molecule has 6 aromatic rings. The molecule has 0 amide bonds. The molecule has 1 aromatic heterocycles. The molecule has 0 bridgehead atoms. The fourth-order valence-electron chi connectivity index (χ4n) is 4.55. The van der Waals surface area contributed by atoms with Crippen LogP contribution in [-0.4, -0.2) is 4.98 Å². The van der Waals surface area contributed by atoms with Crippen molar-refractivity contribution in [2.24, 2.45) is 0 Å². The van der Waals surface area contributed by atoms with Crippen LogP contribution in [-0.2, 0) is 0 Å². The van der Waals surface area contributed by atoms with E-state index in [9.17, 15) is 0 Å². The van der Waals surface area contributed by atoms with Crippen molar-refractivity contribution in [3.8, 4) is 22.3 Å². The van der Waals surface area contributed by atoms with Crippen LogP contribution in [0, 0.1) is 0 Å². The monoisotopic (exact) mass is 385 g/mol. The van der Waals surface area contributed by atoms with E-state index in [0.29, 0.717) is 0 Å². The van der Waals surface area contributed by atoms with Gasteiger partial charge in [0.1, 0.15) is 0 Å². The minimum atomic E-state index is 0.797. The molecule has 0 atom stereocenters. The zero-order valence-corrected chi connectivity index (χ0v) is 16.3. The SMILES string of the molecule is Nc1ccc2ccc3c(N)c(-c4ccc(-c5ccncc5)cc4)cc4ccc1c2c43. The van der Waals surface area contributed by atoms with Gasteiger partial charge in [-0.05, 0) is 62.5 Å². The molecule has 5 aromatic carbocycles. The molecule has 0 saturated carbocycles. The number of hydrogen-bond acceptors (Lipinski definition) is 3. The summed E-state index contributed by atoms with van der Waals surface area (Å²) in [4.78, 5) is 4.10. The fraction of sp³-hybridized carbons (Fsp3) is 0. The average molecular weight is 385 g/mol. The first kappa shape index (κ1) is 16.8. The Kier molecular flexibility index (Phi) is 3.47. The van der Waals surface area contributed by atoms with Gasteiger partial charge in [-0.15, -0.1) is 0 Å². The predicted molar refractivity (Wildman–Crippen MR) is 128 cm³/mol. The lowest BCUT2D eigenvalue weighted by molar-refractivity contribution is 1.33. The highest BCUT2D eigenvalue weighted by atomic mass is 14.6. The molecule has 0 unspecified atom stereocenters. The molecular weight excluding hydrogens is 366 g/mol. The van der Waals surface area contributed by atoms with Crippen molar-refractivity contribution in [3.63, 3.8) is 0 Å². The summed E-state index contributed by atoms with van der Waals surface area (Å²) in [5, 5.41) is 6.90. The summed E-state index contributed by atoms with van der Waals surface area (Å²) in [6, 6.07) is 27.4. The number of nitrogens with zero attached hydrogens (tertiary/aromatic N) is 1. The van der Waals surface area contributed by atoms with Gasteiger partial charge in [-0.2, -0.15) is 0 Å². The molecular formula is C27H19N3. The summed E-state index contributed by atoms with van der Waals surface area (Å²) >= 11 is 0. The van der Waals surface area contributed by atoms with E-state index in [1.54, 1.807) is 0 Å². The van der Waals surface area contributed by atoms with E-state index in [0.717, 1.165) is 44.4 Å². The Labute approximate surface area is 173 Å². The van der Waals surface area contributed by atoms with E-state index >= 15 is 0 Å². The molecule has 3 heteroatoms. The van der Waals surface area contributed by atoms with Crippen molar-refractivity contribution in [2.75, 3.05) is 11.5 Å². The van der Waals surface area contributed by atoms with E-state index in [4.69, 9.17) is 11.5 Å². The van der Waals surface area contributed by atoms with Crippen molar-refractivity contribution in [3.05, 3.63) is 91.3 Å². The quantitative estimate of drug-likeness (QED) is 0.265. The normalized spacial score (nSPS) is 11.6. The van der Waals surface area contributed by atoms with Gasteiger partial charge in [0.25, 0.3) is 0 Å². The summed E-state index contributed by atoms with van der Waals surface area (Å²) in [6.07, 6.45) is 3.62. The van der Waals surface area contributed by atoms with Crippen LogP contribution in [0.2, 0.25) is 0 Å². The largest absolute Gasteiger partial charge is 0.398 e. The van der Waals surface area contributed by atoms with Crippen molar-refractivity contribution in [1.82, 2.24) is 4.98 Å². The Morgan fingerprint density at radius 2 is 1.13 bits per heavy atom. The zero-order chi connectivity index (χ0) is 20.2. The highest BCUT2D eigenvalue weighted by Crippen LogP contribution is 2.42. The van der Waals surface area contributed by atoms with Gasteiger partial charge in [-0.1, -0.05) is 54.6 Å². The van der Waals surface area contributed by atoms with Gasteiger partial charge in [0.15, 0.2) is 0 Å². The minimum absolute atomic E-state index is 0.797. The van der Waals surface area contributed by atoms with Crippen LogP contribution in [0.3, 0.4) is 0 Å². The second-order valence-electron chi connectivity index (χ2n) is 7.73. The number of hydrogen-bond donors (Lipinski definition) is 2. The first-order valence-electron chi connectivity index (χ1n) is 9.97. The zero-order valence-electron chi connectivity index (χ0n) is 16.3. The maximum Gasteiger partial charge on any atom is 0.0474 e. The standard InChI is InChI=1S/C27H19N3/c28-24-10-7-19-5-9-22-26-20(6-8-21(24)25(19)26)15-23(27(22)29)18-3-1-16(2-4-18)17-11-13-30-14-12-17/h1-15H,28-29H2. The lowest BCUT2D eigenvalue weighted by Gasteiger charge is -2.16. The number of aromatic nitrogens is 1. The molecule has 0 aliphatic carbocycles. The molecule has 0 fully saturated rings. The van der Waals surface area contributed by atoms with Crippen LogP contribution in [0.4, 0.5) is 11.4 Å². The number of rotatable bonds is 2. The van der Waals surface area contributed by atoms with E-state index in [1.807, 2.05) is 30.6 Å².